The Morgan fingerprint density at radius 2 is 2.10 bits per heavy atom. The van der Waals surface area contributed by atoms with Gasteiger partial charge in [-0.2, -0.15) is 5.10 Å². The normalized spacial score (nSPS) is 18.5. The van der Waals surface area contributed by atoms with Crippen molar-refractivity contribution >= 4 is 22.8 Å². The van der Waals surface area contributed by atoms with E-state index in [4.69, 9.17) is 21.3 Å². The van der Waals surface area contributed by atoms with Gasteiger partial charge in [-0.05, 0) is 32.1 Å². The lowest BCUT2D eigenvalue weighted by Crippen LogP contribution is -2.22. The van der Waals surface area contributed by atoms with E-state index in [0.29, 0.717) is 5.92 Å². The summed E-state index contributed by atoms with van der Waals surface area (Å²) in [4.78, 5) is 4.79. The van der Waals surface area contributed by atoms with Crippen LogP contribution in [0.5, 0.6) is 0 Å². The Balaban J connectivity index is 2.04. The summed E-state index contributed by atoms with van der Waals surface area (Å²) in [5, 5.41) is 4.49. The monoisotopic (exact) mass is 310 g/mol. The second-order valence-electron chi connectivity index (χ2n) is 5.85. The van der Waals surface area contributed by atoms with Gasteiger partial charge in [-0.1, -0.05) is 6.92 Å². The van der Waals surface area contributed by atoms with Gasteiger partial charge in [-0.25, -0.2) is 4.98 Å². The number of ether oxygens (including phenoxy) is 1. The molecule has 0 N–H and O–H groups in total. The van der Waals surface area contributed by atoms with Gasteiger partial charge in [0.25, 0.3) is 0 Å². The van der Waals surface area contributed by atoms with Gasteiger partial charge < -0.3 is 9.30 Å². The number of halogens is 1. The summed E-state index contributed by atoms with van der Waals surface area (Å²) in [7, 11) is 1.99. The predicted octanol–water partition coefficient (Wildman–Crippen LogP) is 3.06. The smallest absolute Gasteiger partial charge is 0.158 e. The fourth-order valence-corrected chi connectivity index (χ4v) is 3.33. The van der Waals surface area contributed by atoms with Crippen LogP contribution < -0.4 is 0 Å². The molecule has 0 saturated carbocycles. The van der Waals surface area contributed by atoms with Gasteiger partial charge in [-0.15, -0.1) is 11.6 Å². The first-order valence-corrected chi connectivity index (χ1v) is 8.19. The van der Waals surface area contributed by atoms with Gasteiger partial charge in [0.15, 0.2) is 5.65 Å². The number of hydrogen-bond acceptors (Lipinski definition) is 3. The SMILES string of the molecule is CCc1nn(C)c2c1nc(C(C)Cl)n2CC1CCOCC1. The van der Waals surface area contributed by atoms with Crippen molar-refractivity contribution in [1.82, 2.24) is 19.3 Å². The zero-order valence-corrected chi connectivity index (χ0v) is 13.7. The van der Waals surface area contributed by atoms with Crippen LogP contribution in [0.4, 0.5) is 0 Å². The summed E-state index contributed by atoms with van der Waals surface area (Å²) >= 11 is 6.36. The molecule has 1 aliphatic rings. The van der Waals surface area contributed by atoms with Crippen LogP contribution in [0.1, 0.15) is 43.6 Å². The molecule has 0 aromatic carbocycles. The van der Waals surface area contributed by atoms with Crippen molar-refractivity contribution in [3.63, 3.8) is 0 Å². The van der Waals surface area contributed by atoms with Crippen LogP contribution in [0.25, 0.3) is 11.2 Å². The Morgan fingerprint density at radius 3 is 2.71 bits per heavy atom. The molecule has 2 aromatic rings. The Morgan fingerprint density at radius 1 is 1.38 bits per heavy atom. The summed E-state index contributed by atoms with van der Waals surface area (Å²) in [5.74, 6) is 1.59. The van der Waals surface area contributed by atoms with Gasteiger partial charge >= 0.3 is 0 Å². The molecule has 2 aromatic heterocycles. The van der Waals surface area contributed by atoms with Crippen molar-refractivity contribution in [2.24, 2.45) is 13.0 Å². The molecule has 3 heterocycles. The number of alkyl halides is 1. The van der Waals surface area contributed by atoms with E-state index in [1.54, 1.807) is 0 Å². The first-order valence-electron chi connectivity index (χ1n) is 7.75. The fourth-order valence-electron chi connectivity index (χ4n) is 3.17. The minimum atomic E-state index is -0.0954. The summed E-state index contributed by atoms with van der Waals surface area (Å²) < 4.78 is 9.68. The molecule has 116 valence electrons. The molecule has 0 aliphatic carbocycles. The van der Waals surface area contributed by atoms with E-state index in [1.807, 2.05) is 18.7 Å². The topological polar surface area (TPSA) is 44.9 Å². The highest BCUT2D eigenvalue weighted by molar-refractivity contribution is 6.20. The number of imidazole rings is 1. The van der Waals surface area contributed by atoms with Crippen molar-refractivity contribution in [3.8, 4) is 0 Å². The lowest BCUT2D eigenvalue weighted by atomic mass is 10.0. The maximum atomic E-state index is 6.36. The van der Waals surface area contributed by atoms with Gasteiger partial charge in [0.05, 0.1) is 11.1 Å². The predicted molar refractivity (Wildman–Crippen MR) is 83.7 cm³/mol. The van der Waals surface area contributed by atoms with Crippen LogP contribution >= 0.6 is 11.6 Å². The third-order valence-corrected chi connectivity index (χ3v) is 4.49. The molecule has 0 bridgehead atoms. The summed E-state index contributed by atoms with van der Waals surface area (Å²) in [6.45, 7) is 6.78. The molecule has 1 atom stereocenters. The van der Waals surface area contributed by atoms with E-state index in [-0.39, 0.29) is 5.38 Å². The Labute approximate surface area is 130 Å². The third kappa shape index (κ3) is 2.69. The first kappa shape index (κ1) is 14.9. The standard InChI is InChI=1S/C15H23ClN4O/c1-4-12-13-15(19(3)18-12)20(14(17-13)10(2)16)9-11-5-7-21-8-6-11/h10-11H,4-9H2,1-3H3. The molecule has 1 saturated heterocycles. The quantitative estimate of drug-likeness (QED) is 0.815. The zero-order valence-electron chi connectivity index (χ0n) is 13.0. The van der Waals surface area contributed by atoms with Crippen molar-refractivity contribution in [2.75, 3.05) is 13.2 Å². The molecule has 1 aliphatic heterocycles. The molecule has 0 spiro atoms. The molecule has 0 radical (unpaired) electrons. The lowest BCUT2D eigenvalue weighted by Gasteiger charge is -2.23. The van der Waals surface area contributed by atoms with Crippen molar-refractivity contribution < 1.29 is 4.74 Å². The highest BCUT2D eigenvalue weighted by Crippen LogP contribution is 2.29. The van der Waals surface area contributed by atoms with Crippen LogP contribution in [0.2, 0.25) is 0 Å². The Bertz CT molecular complexity index is 625. The van der Waals surface area contributed by atoms with Crippen LogP contribution in [0, 0.1) is 5.92 Å². The maximum absolute atomic E-state index is 6.36. The van der Waals surface area contributed by atoms with Gasteiger partial charge in [-0.3, -0.25) is 4.68 Å². The number of rotatable bonds is 4. The average molecular weight is 311 g/mol. The molecular weight excluding hydrogens is 288 g/mol. The van der Waals surface area contributed by atoms with Gasteiger partial charge in [0.1, 0.15) is 11.3 Å². The number of fused-ring (bicyclic) bond motifs is 1. The van der Waals surface area contributed by atoms with Crippen molar-refractivity contribution in [2.45, 2.75) is 45.0 Å². The number of aromatic nitrogens is 4. The van der Waals surface area contributed by atoms with E-state index in [1.165, 1.54) is 0 Å². The highest BCUT2D eigenvalue weighted by atomic mass is 35.5. The van der Waals surface area contributed by atoms with E-state index >= 15 is 0 Å². The lowest BCUT2D eigenvalue weighted by molar-refractivity contribution is 0.0612. The number of aryl methyl sites for hydroxylation is 2. The Hall–Kier alpha value is -1.07. The molecule has 1 unspecified atom stereocenters. The van der Waals surface area contributed by atoms with Crippen LogP contribution in [-0.4, -0.2) is 32.5 Å². The fraction of sp³-hybridized carbons (Fsp3) is 0.733. The van der Waals surface area contributed by atoms with Crippen LogP contribution in [0.15, 0.2) is 0 Å². The summed E-state index contributed by atoms with van der Waals surface area (Å²) in [5.41, 5.74) is 3.16. The van der Waals surface area contributed by atoms with Crippen molar-refractivity contribution in [1.29, 1.82) is 0 Å². The van der Waals surface area contributed by atoms with Crippen LogP contribution in [0.3, 0.4) is 0 Å². The third-order valence-electron chi connectivity index (χ3n) is 4.29. The van der Waals surface area contributed by atoms with Gasteiger partial charge in [0.2, 0.25) is 0 Å². The summed E-state index contributed by atoms with van der Waals surface area (Å²) in [6, 6.07) is 0. The largest absolute Gasteiger partial charge is 0.381 e. The summed E-state index contributed by atoms with van der Waals surface area (Å²) in [6.07, 6.45) is 3.10. The molecule has 3 rings (SSSR count). The molecular formula is C15H23ClN4O. The Kier molecular flexibility index (Phi) is 4.22. The van der Waals surface area contributed by atoms with Gasteiger partial charge in [0, 0.05) is 26.8 Å². The van der Waals surface area contributed by atoms with E-state index in [2.05, 4.69) is 16.6 Å². The highest BCUT2D eigenvalue weighted by Gasteiger charge is 2.24. The average Bonchev–Trinajstić information content (AvgIpc) is 2.99. The minimum absolute atomic E-state index is 0.0954. The second-order valence-corrected chi connectivity index (χ2v) is 6.50. The molecule has 1 fully saturated rings. The molecule has 5 nitrogen and oxygen atoms in total. The zero-order chi connectivity index (χ0) is 15.0. The van der Waals surface area contributed by atoms with Crippen LogP contribution in [-0.2, 0) is 24.8 Å². The second kappa shape index (κ2) is 5.97. The maximum Gasteiger partial charge on any atom is 0.158 e. The van der Waals surface area contributed by atoms with Crippen molar-refractivity contribution in [3.05, 3.63) is 11.5 Å². The number of hydrogen-bond donors (Lipinski definition) is 0. The molecule has 6 heteroatoms. The minimum Gasteiger partial charge on any atom is -0.381 e. The molecule has 0 amide bonds. The van der Waals surface area contributed by atoms with E-state index < -0.39 is 0 Å². The molecule has 21 heavy (non-hydrogen) atoms. The number of nitrogens with zero attached hydrogens (tertiary/aromatic N) is 4. The van der Waals surface area contributed by atoms with E-state index in [0.717, 1.165) is 61.7 Å². The van der Waals surface area contributed by atoms with E-state index in [9.17, 15) is 0 Å². The first-order chi connectivity index (χ1) is 10.1.